The average Bonchev–Trinajstić information content (AvgIpc) is 3.71. The zero-order valence-corrected chi connectivity index (χ0v) is 24.1. The average molecular weight is 606 g/mol. The summed E-state index contributed by atoms with van der Waals surface area (Å²) in [6.45, 7) is 0. The van der Waals surface area contributed by atoms with E-state index in [1.807, 2.05) is 71.8 Å². The van der Waals surface area contributed by atoms with Gasteiger partial charge in [0.1, 0.15) is 0 Å². The summed E-state index contributed by atoms with van der Waals surface area (Å²) in [5.41, 5.74) is 7.75. The SMILES string of the molecule is C[N+]1=C2N=C3N=C(N=C4c5ccccc5C(=[N+]4C)N=C4N=C(N=C1c1ccccc12)c1ccccc14)c1ccccc13.[Cu]. The molecule has 1 radical (unpaired) electrons. The number of benzene rings is 4. The third kappa shape index (κ3) is 3.62. The van der Waals surface area contributed by atoms with Gasteiger partial charge in [-0.3, -0.25) is 0 Å². The first-order valence-electron chi connectivity index (χ1n) is 13.8. The Morgan fingerprint density at radius 3 is 0.977 bits per heavy atom. The second-order valence-corrected chi connectivity index (χ2v) is 10.6. The van der Waals surface area contributed by atoms with Crippen molar-refractivity contribution in [1.29, 1.82) is 0 Å². The molecule has 8 nitrogen and oxygen atoms in total. The van der Waals surface area contributed by atoms with Crippen LogP contribution in [0.15, 0.2) is 127 Å². The molecule has 5 aliphatic rings. The molecule has 207 valence electrons. The molecule has 0 fully saturated rings. The number of aliphatic imine (C=N–C) groups is 6. The fourth-order valence-electron chi connectivity index (χ4n) is 6.14. The normalized spacial score (nSPS) is 17.1. The van der Waals surface area contributed by atoms with Crippen LogP contribution in [-0.4, -0.2) is 69.9 Å². The number of hydrogen-bond acceptors (Lipinski definition) is 6. The molecule has 8 bridgehead atoms. The van der Waals surface area contributed by atoms with E-state index in [-0.39, 0.29) is 17.1 Å². The van der Waals surface area contributed by atoms with Crippen LogP contribution in [0, 0.1) is 0 Å². The summed E-state index contributed by atoms with van der Waals surface area (Å²) in [5, 5.41) is 0. The molecule has 0 N–H and O–H groups in total. The number of amidine groups is 8. The topological polar surface area (TPSA) is 80.2 Å². The summed E-state index contributed by atoms with van der Waals surface area (Å²) >= 11 is 0. The standard InChI is InChI=1S/C34H22N8.Cu/c1-41-31-23-15-7-8-16-24(23)32(41)38-28-20-12-4-6-14-22(20)30(36-28)40-34-26-18-10-9-17-25(26)33(42(34)2)39-29-21-13-5-3-11-19(21)27(35-29)37-31;/h3-18H,1-2H3;/q+2;. The molecule has 0 aliphatic carbocycles. The van der Waals surface area contributed by atoms with Crippen LogP contribution < -0.4 is 0 Å². The molecular formula is C34H22CuN8+2. The minimum Gasteiger partial charge on any atom is -0.229 e. The second kappa shape index (κ2) is 9.39. The van der Waals surface area contributed by atoms with Crippen molar-refractivity contribution in [3.63, 3.8) is 0 Å². The molecule has 9 rings (SSSR count). The third-order valence-corrected chi connectivity index (χ3v) is 8.18. The van der Waals surface area contributed by atoms with Gasteiger partial charge in [-0.2, -0.15) is 9.98 Å². The minimum absolute atomic E-state index is 0. The summed E-state index contributed by atoms with van der Waals surface area (Å²) in [6, 6.07) is 32.7. The predicted molar refractivity (Wildman–Crippen MR) is 166 cm³/mol. The van der Waals surface area contributed by atoms with Gasteiger partial charge in [0.2, 0.25) is 23.3 Å². The van der Waals surface area contributed by atoms with Gasteiger partial charge in [-0.05, 0) is 48.5 Å². The fraction of sp³-hybridized carbons (Fsp3) is 0.0588. The quantitative estimate of drug-likeness (QED) is 0.214. The smallest absolute Gasteiger partial charge is 0.229 e. The second-order valence-electron chi connectivity index (χ2n) is 10.6. The van der Waals surface area contributed by atoms with Crippen LogP contribution in [0.3, 0.4) is 0 Å². The molecule has 9 heteroatoms. The van der Waals surface area contributed by atoms with Crippen LogP contribution in [-0.2, 0) is 17.1 Å². The largest absolute Gasteiger partial charge is 0.273 e. The Hall–Kier alpha value is -5.24. The van der Waals surface area contributed by atoms with Gasteiger partial charge in [-0.15, -0.1) is 0 Å². The molecule has 0 unspecified atom stereocenters. The number of rotatable bonds is 0. The van der Waals surface area contributed by atoms with Crippen LogP contribution in [0.1, 0.15) is 44.5 Å². The van der Waals surface area contributed by atoms with Gasteiger partial charge in [0.05, 0.1) is 36.3 Å². The molecule has 0 amide bonds. The van der Waals surface area contributed by atoms with E-state index in [9.17, 15) is 0 Å². The van der Waals surface area contributed by atoms with E-state index in [1.165, 1.54) is 0 Å². The zero-order chi connectivity index (χ0) is 27.9. The Morgan fingerprint density at radius 1 is 0.349 bits per heavy atom. The number of fused-ring (bicyclic) bond motifs is 16. The molecule has 4 aromatic rings. The van der Waals surface area contributed by atoms with E-state index in [2.05, 4.69) is 48.5 Å². The van der Waals surface area contributed by atoms with Crippen molar-refractivity contribution in [2.45, 2.75) is 0 Å². The number of hydrogen-bond donors (Lipinski definition) is 0. The summed E-state index contributed by atoms with van der Waals surface area (Å²) in [7, 11) is 3.98. The van der Waals surface area contributed by atoms with E-state index < -0.39 is 0 Å². The van der Waals surface area contributed by atoms with Gasteiger partial charge in [-0.1, -0.05) is 68.5 Å². The van der Waals surface area contributed by atoms with Crippen LogP contribution in [0.25, 0.3) is 0 Å². The monoisotopic (exact) mass is 605 g/mol. The molecule has 0 saturated heterocycles. The van der Waals surface area contributed by atoms with Gasteiger partial charge >= 0.3 is 0 Å². The molecular weight excluding hydrogens is 584 g/mol. The summed E-state index contributed by atoms with van der Waals surface area (Å²) < 4.78 is 4.04. The Labute approximate surface area is 257 Å². The molecule has 5 aliphatic heterocycles. The molecule has 0 spiro atoms. The van der Waals surface area contributed by atoms with Gasteiger partial charge in [0.15, 0.2) is 0 Å². The van der Waals surface area contributed by atoms with Gasteiger partial charge < -0.3 is 0 Å². The minimum atomic E-state index is 0. The molecule has 43 heavy (non-hydrogen) atoms. The fourth-order valence-corrected chi connectivity index (χ4v) is 6.14. The van der Waals surface area contributed by atoms with Crippen LogP contribution in [0.4, 0.5) is 0 Å². The summed E-state index contributed by atoms with van der Waals surface area (Å²) in [5.74, 6) is 5.59. The maximum atomic E-state index is 5.16. The zero-order valence-electron chi connectivity index (χ0n) is 23.1. The van der Waals surface area contributed by atoms with E-state index in [4.69, 9.17) is 30.0 Å². The summed E-state index contributed by atoms with van der Waals surface area (Å²) in [6.07, 6.45) is 0. The van der Waals surface area contributed by atoms with Crippen molar-refractivity contribution in [3.8, 4) is 0 Å². The summed E-state index contributed by atoms with van der Waals surface area (Å²) in [4.78, 5) is 30.6. The van der Waals surface area contributed by atoms with E-state index in [0.717, 1.165) is 67.9 Å². The number of nitrogens with zero attached hydrogens (tertiary/aromatic N) is 8. The van der Waals surface area contributed by atoms with Crippen molar-refractivity contribution in [1.82, 2.24) is 0 Å². The van der Waals surface area contributed by atoms with E-state index in [1.54, 1.807) is 0 Å². The molecule has 0 atom stereocenters. The van der Waals surface area contributed by atoms with Crippen molar-refractivity contribution in [2.75, 3.05) is 14.1 Å². The van der Waals surface area contributed by atoms with Crippen molar-refractivity contribution in [2.24, 2.45) is 30.0 Å². The first kappa shape index (κ1) is 25.5. The maximum absolute atomic E-state index is 5.16. The van der Waals surface area contributed by atoms with Crippen molar-refractivity contribution in [3.05, 3.63) is 142 Å². The first-order valence-corrected chi connectivity index (χ1v) is 13.8. The van der Waals surface area contributed by atoms with Crippen molar-refractivity contribution >= 4 is 46.7 Å². The Bertz CT molecular complexity index is 2050. The molecule has 0 saturated carbocycles. The van der Waals surface area contributed by atoms with Gasteiger partial charge in [-0.25, -0.2) is 9.15 Å². The predicted octanol–water partition coefficient (Wildman–Crippen LogP) is 4.11. The first-order chi connectivity index (χ1) is 20.7. The van der Waals surface area contributed by atoms with Crippen LogP contribution in [0.2, 0.25) is 0 Å². The van der Waals surface area contributed by atoms with Crippen LogP contribution in [0.5, 0.6) is 0 Å². The van der Waals surface area contributed by atoms with Crippen LogP contribution >= 0.6 is 0 Å². The van der Waals surface area contributed by atoms with E-state index >= 15 is 0 Å². The molecule has 4 aromatic carbocycles. The molecule has 0 aromatic heterocycles. The Morgan fingerprint density at radius 2 is 0.628 bits per heavy atom. The Kier molecular flexibility index (Phi) is 5.56. The third-order valence-electron chi connectivity index (χ3n) is 8.18. The maximum Gasteiger partial charge on any atom is 0.273 e. The Balaban J connectivity index is 0.00000278. The van der Waals surface area contributed by atoms with E-state index in [0.29, 0.717) is 23.3 Å². The van der Waals surface area contributed by atoms with Gasteiger partial charge in [0, 0.05) is 39.3 Å². The van der Waals surface area contributed by atoms with Gasteiger partial charge in [0.25, 0.3) is 23.3 Å². The van der Waals surface area contributed by atoms with Crippen molar-refractivity contribution < 1.29 is 26.2 Å². The molecule has 5 heterocycles.